The van der Waals surface area contributed by atoms with Crippen molar-refractivity contribution in [1.29, 1.82) is 0 Å². The summed E-state index contributed by atoms with van der Waals surface area (Å²) in [4.78, 5) is 2.39. The molecule has 2 fully saturated rings. The molecule has 176 valence electrons. The third-order valence-electron chi connectivity index (χ3n) is 5.68. The number of sulfonamides is 1. The smallest absolute Gasteiger partial charge is 0.387 e. The van der Waals surface area contributed by atoms with Crippen LogP contribution in [0.3, 0.4) is 0 Å². The van der Waals surface area contributed by atoms with Gasteiger partial charge in [0.05, 0.1) is 10.6 Å². The molecule has 2 aromatic carbocycles. The number of ether oxygens (including phenoxy) is 1. The van der Waals surface area contributed by atoms with Gasteiger partial charge in [0.15, 0.2) is 0 Å². The van der Waals surface area contributed by atoms with Gasteiger partial charge >= 0.3 is 6.61 Å². The Morgan fingerprint density at radius 1 is 1.16 bits per heavy atom. The van der Waals surface area contributed by atoms with Crippen molar-refractivity contribution in [2.45, 2.75) is 31.3 Å². The number of alkyl halides is 2. The topological polar surface area (TPSA) is 61.9 Å². The third-order valence-corrected chi connectivity index (χ3v) is 7.47. The van der Waals surface area contributed by atoms with Crippen LogP contribution in [-0.4, -0.2) is 47.8 Å². The minimum atomic E-state index is -3.88. The minimum Gasteiger partial charge on any atom is -0.435 e. The molecule has 0 bridgehead atoms. The summed E-state index contributed by atoms with van der Waals surface area (Å²) in [5.41, 5.74) is 2.25. The second-order valence-corrected chi connectivity index (χ2v) is 9.90. The molecule has 0 atom stereocenters. The summed E-state index contributed by atoms with van der Waals surface area (Å²) in [5, 5.41) is 3.30. The van der Waals surface area contributed by atoms with E-state index < -0.39 is 16.6 Å². The van der Waals surface area contributed by atoms with Crippen molar-refractivity contribution in [2.75, 3.05) is 41.9 Å². The molecule has 0 radical (unpaired) electrons. The lowest BCUT2D eigenvalue weighted by atomic mass is 10.1. The zero-order valence-electron chi connectivity index (χ0n) is 17.8. The van der Waals surface area contributed by atoms with E-state index in [-0.39, 0.29) is 29.0 Å². The van der Waals surface area contributed by atoms with Gasteiger partial charge in [-0.15, -0.1) is 12.4 Å². The fourth-order valence-corrected chi connectivity index (χ4v) is 5.37. The first kappa shape index (κ1) is 24.5. The fraction of sp³-hybridized carbons (Fsp3) is 0.455. The van der Waals surface area contributed by atoms with Crippen molar-refractivity contribution >= 4 is 33.8 Å². The molecule has 1 N–H and O–H groups in total. The first-order valence-corrected chi connectivity index (χ1v) is 11.9. The van der Waals surface area contributed by atoms with Crippen LogP contribution in [0.2, 0.25) is 0 Å². The number of hydrogen-bond donors (Lipinski definition) is 1. The second-order valence-electron chi connectivity index (χ2n) is 8.04. The summed E-state index contributed by atoms with van der Waals surface area (Å²) < 4.78 is 58.5. The largest absolute Gasteiger partial charge is 0.435 e. The minimum absolute atomic E-state index is 0. The van der Waals surface area contributed by atoms with Crippen LogP contribution < -0.4 is 19.3 Å². The van der Waals surface area contributed by atoms with E-state index in [2.05, 4.69) is 15.0 Å². The zero-order valence-corrected chi connectivity index (χ0v) is 19.5. The van der Waals surface area contributed by atoms with E-state index in [1.165, 1.54) is 22.5 Å². The van der Waals surface area contributed by atoms with Gasteiger partial charge in [0.25, 0.3) is 10.0 Å². The van der Waals surface area contributed by atoms with Crippen molar-refractivity contribution in [3.8, 4) is 5.75 Å². The highest BCUT2D eigenvalue weighted by Crippen LogP contribution is 2.36. The molecule has 1 saturated heterocycles. The van der Waals surface area contributed by atoms with Crippen LogP contribution in [0.1, 0.15) is 18.4 Å². The summed E-state index contributed by atoms with van der Waals surface area (Å²) in [6.45, 7) is 2.63. The van der Waals surface area contributed by atoms with Gasteiger partial charge in [-0.2, -0.15) is 8.78 Å². The molecular formula is C22H28ClF2N3O3S. The highest BCUT2D eigenvalue weighted by atomic mass is 35.5. The van der Waals surface area contributed by atoms with E-state index in [0.717, 1.165) is 50.3 Å². The molecule has 1 aliphatic heterocycles. The van der Waals surface area contributed by atoms with Crippen molar-refractivity contribution < 1.29 is 21.9 Å². The van der Waals surface area contributed by atoms with E-state index in [1.807, 2.05) is 13.0 Å². The molecule has 2 aliphatic rings. The first-order valence-electron chi connectivity index (χ1n) is 10.5. The Morgan fingerprint density at radius 3 is 2.53 bits per heavy atom. The molecule has 2 aromatic rings. The van der Waals surface area contributed by atoms with Crippen LogP contribution in [0.25, 0.3) is 0 Å². The molecule has 1 saturated carbocycles. The predicted molar refractivity (Wildman–Crippen MR) is 124 cm³/mol. The number of anilines is 2. The summed E-state index contributed by atoms with van der Waals surface area (Å²) >= 11 is 0. The third kappa shape index (κ3) is 5.63. The number of piperazine rings is 1. The maximum atomic E-state index is 13.7. The van der Waals surface area contributed by atoms with Gasteiger partial charge in [0.1, 0.15) is 5.75 Å². The molecule has 0 unspecified atom stereocenters. The lowest BCUT2D eigenvalue weighted by Gasteiger charge is -2.31. The van der Waals surface area contributed by atoms with Crippen molar-refractivity contribution in [2.24, 2.45) is 5.92 Å². The van der Waals surface area contributed by atoms with Gasteiger partial charge in [-0.05, 0) is 55.5 Å². The highest BCUT2D eigenvalue weighted by molar-refractivity contribution is 7.92. The van der Waals surface area contributed by atoms with Gasteiger partial charge in [-0.25, -0.2) is 8.42 Å². The second kappa shape index (κ2) is 10.2. The van der Waals surface area contributed by atoms with Gasteiger partial charge < -0.3 is 15.0 Å². The average Bonchev–Trinajstić information content (AvgIpc) is 3.57. The molecule has 6 nitrogen and oxygen atoms in total. The number of hydrogen-bond acceptors (Lipinski definition) is 5. The summed E-state index contributed by atoms with van der Waals surface area (Å²) in [6, 6.07) is 11.1. The summed E-state index contributed by atoms with van der Waals surface area (Å²) in [7, 11) is -3.88. The molecule has 0 spiro atoms. The van der Waals surface area contributed by atoms with Gasteiger partial charge in [0, 0.05) is 44.5 Å². The van der Waals surface area contributed by atoms with Crippen LogP contribution in [0.4, 0.5) is 20.2 Å². The van der Waals surface area contributed by atoms with Crippen LogP contribution in [0, 0.1) is 12.8 Å². The Bertz CT molecular complexity index is 1030. The highest BCUT2D eigenvalue weighted by Gasteiger charge is 2.33. The standard InChI is InChI=1S/C22H27F2N3O3S.ClH/c1-16-5-8-20(14-21(16)26-11-9-25-10-12-26)31(28,29)27(15-17-6-7-17)18-3-2-4-19(13-18)30-22(23)24;/h2-5,8,13-14,17,22,25H,6-7,9-12,15H2,1H3;1H. The van der Waals surface area contributed by atoms with Gasteiger partial charge in [-0.3, -0.25) is 4.31 Å². The Labute approximate surface area is 194 Å². The van der Waals surface area contributed by atoms with Crippen molar-refractivity contribution in [3.63, 3.8) is 0 Å². The number of nitrogens with zero attached hydrogens (tertiary/aromatic N) is 2. The summed E-state index contributed by atoms with van der Waals surface area (Å²) in [6.07, 6.45) is 1.92. The molecule has 1 heterocycles. The number of nitrogens with one attached hydrogen (secondary N) is 1. The normalized spacial score (nSPS) is 16.6. The lowest BCUT2D eigenvalue weighted by molar-refractivity contribution is -0.0498. The predicted octanol–water partition coefficient (Wildman–Crippen LogP) is 4.03. The fourth-order valence-electron chi connectivity index (χ4n) is 3.82. The molecule has 1 aliphatic carbocycles. The Balaban J connectivity index is 0.00000289. The van der Waals surface area contributed by atoms with E-state index in [1.54, 1.807) is 18.2 Å². The maximum Gasteiger partial charge on any atom is 0.387 e. The molecule has 4 rings (SSSR count). The van der Waals surface area contributed by atoms with Crippen LogP contribution in [-0.2, 0) is 10.0 Å². The van der Waals surface area contributed by atoms with Gasteiger partial charge in [0.2, 0.25) is 0 Å². The number of rotatable bonds is 8. The monoisotopic (exact) mass is 487 g/mol. The Hall–Kier alpha value is -2.10. The van der Waals surface area contributed by atoms with Crippen molar-refractivity contribution in [3.05, 3.63) is 48.0 Å². The average molecular weight is 488 g/mol. The molecule has 0 amide bonds. The van der Waals surface area contributed by atoms with Gasteiger partial charge in [-0.1, -0.05) is 12.1 Å². The number of aryl methyl sites for hydroxylation is 1. The summed E-state index contributed by atoms with van der Waals surface area (Å²) in [5.74, 6) is 0.210. The Kier molecular flexibility index (Phi) is 7.84. The van der Waals surface area contributed by atoms with Crippen molar-refractivity contribution in [1.82, 2.24) is 5.32 Å². The van der Waals surface area contributed by atoms with Crippen LogP contribution in [0.5, 0.6) is 5.75 Å². The number of benzene rings is 2. The van der Waals surface area contributed by atoms with Crippen LogP contribution in [0.15, 0.2) is 47.4 Å². The molecule has 10 heteroatoms. The lowest BCUT2D eigenvalue weighted by Crippen LogP contribution is -2.44. The SMILES string of the molecule is Cc1ccc(S(=O)(=O)N(CC2CC2)c2cccc(OC(F)F)c2)cc1N1CCNCC1.Cl. The zero-order chi connectivity index (χ0) is 22.0. The Morgan fingerprint density at radius 2 is 1.88 bits per heavy atom. The number of halogens is 3. The quantitative estimate of drug-likeness (QED) is 0.609. The van der Waals surface area contributed by atoms with E-state index in [9.17, 15) is 17.2 Å². The molecule has 0 aromatic heterocycles. The molecular weight excluding hydrogens is 460 g/mol. The van der Waals surface area contributed by atoms with E-state index >= 15 is 0 Å². The maximum absolute atomic E-state index is 13.7. The van der Waals surface area contributed by atoms with E-state index in [0.29, 0.717) is 12.2 Å². The van der Waals surface area contributed by atoms with E-state index in [4.69, 9.17) is 0 Å². The van der Waals surface area contributed by atoms with Crippen LogP contribution >= 0.6 is 12.4 Å². The molecule has 32 heavy (non-hydrogen) atoms. The first-order chi connectivity index (χ1) is 14.8.